The van der Waals surface area contributed by atoms with E-state index in [1.165, 1.54) is 25.3 Å². The van der Waals surface area contributed by atoms with Crippen LogP contribution in [0.15, 0.2) is 47.4 Å². The minimum absolute atomic E-state index is 0.127. The topological polar surface area (TPSA) is 96.0 Å². The number of sulfonamides is 1. The van der Waals surface area contributed by atoms with Crippen molar-refractivity contribution >= 4 is 38.9 Å². The lowest BCUT2D eigenvalue weighted by Crippen LogP contribution is -2.40. The fraction of sp³-hybridized carbons (Fsp3) is 0.417. The average Bonchev–Trinajstić information content (AvgIpc) is 2.80. The molecule has 33 heavy (non-hydrogen) atoms. The van der Waals surface area contributed by atoms with Crippen molar-refractivity contribution in [1.82, 2.24) is 0 Å². The van der Waals surface area contributed by atoms with Crippen LogP contribution < -0.4 is 19.3 Å². The predicted molar refractivity (Wildman–Crippen MR) is 127 cm³/mol. The molecule has 0 saturated carbocycles. The molecule has 2 aliphatic heterocycles. The lowest BCUT2D eigenvalue weighted by Gasteiger charge is -2.32. The first kappa shape index (κ1) is 23.1. The number of nitrogens with one attached hydrogen (secondary N) is 1. The molecule has 0 bridgehead atoms. The molecule has 2 saturated heterocycles. The molecule has 0 aromatic heterocycles. The Kier molecular flexibility index (Phi) is 6.60. The molecular weight excluding hydrogens is 442 g/mol. The SMILES string of the molecule is COc1ccc(N2C(=O)CCCC2=O)cc1S(=O)(=O)Nc1ccc(N2CCC(C)CC2)cc1. The number of piperidine rings is 2. The molecule has 176 valence electrons. The van der Waals surface area contributed by atoms with E-state index >= 15 is 0 Å². The van der Waals surface area contributed by atoms with E-state index in [0.29, 0.717) is 12.1 Å². The minimum atomic E-state index is -4.04. The molecule has 2 aliphatic rings. The van der Waals surface area contributed by atoms with Gasteiger partial charge in [0.05, 0.1) is 12.8 Å². The van der Waals surface area contributed by atoms with Gasteiger partial charge in [-0.2, -0.15) is 0 Å². The highest BCUT2D eigenvalue weighted by Crippen LogP contribution is 2.32. The summed E-state index contributed by atoms with van der Waals surface area (Å²) in [5, 5.41) is 0. The molecule has 9 heteroatoms. The van der Waals surface area contributed by atoms with Crippen LogP contribution in [0.3, 0.4) is 0 Å². The lowest BCUT2D eigenvalue weighted by atomic mass is 9.99. The van der Waals surface area contributed by atoms with Crippen molar-refractivity contribution in [1.29, 1.82) is 0 Å². The normalized spacial score (nSPS) is 17.9. The van der Waals surface area contributed by atoms with E-state index in [0.717, 1.165) is 42.4 Å². The Morgan fingerprint density at radius 3 is 2.15 bits per heavy atom. The van der Waals surface area contributed by atoms with Crippen molar-refractivity contribution in [2.24, 2.45) is 5.92 Å². The summed E-state index contributed by atoms with van der Waals surface area (Å²) in [7, 11) is -2.66. The van der Waals surface area contributed by atoms with Crippen LogP contribution in [0.25, 0.3) is 0 Å². The minimum Gasteiger partial charge on any atom is -0.495 e. The third-order valence-electron chi connectivity index (χ3n) is 6.24. The second kappa shape index (κ2) is 9.43. The van der Waals surface area contributed by atoms with E-state index in [1.54, 1.807) is 12.1 Å². The number of imide groups is 1. The van der Waals surface area contributed by atoms with Crippen LogP contribution in [-0.2, 0) is 19.6 Å². The summed E-state index contributed by atoms with van der Waals surface area (Å²) in [6, 6.07) is 11.6. The van der Waals surface area contributed by atoms with E-state index in [-0.39, 0.29) is 41.0 Å². The predicted octanol–water partition coefficient (Wildman–Crippen LogP) is 3.78. The molecule has 1 N–H and O–H groups in total. The molecular formula is C24H29N3O5S. The highest BCUT2D eigenvalue weighted by Gasteiger charge is 2.30. The first-order valence-corrected chi connectivity index (χ1v) is 12.7. The maximum absolute atomic E-state index is 13.2. The summed E-state index contributed by atoms with van der Waals surface area (Å²) >= 11 is 0. The molecule has 8 nitrogen and oxygen atoms in total. The summed E-state index contributed by atoms with van der Waals surface area (Å²) in [4.78, 5) is 27.8. The number of benzene rings is 2. The third kappa shape index (κ3) is 4.98. The van der Waals surface area contributed by atoms with Crippen LogP contribution in [0, 0.1) is 5.92 Å². The van der Waals surface area contributed by atoms with Crippen molar-refractivity contribution in [3.8, 4) is 5.75 Å². The van der Waals surface area contributed by atoms with Gasteiger partial charge < -0.3 is 9.64 Å². The zero-order chi connectivity index (χ0) is 23.6. The molecule has 0 atom stereocenters. The fourth-order valence-electron chi connectivity index (χ4n) is 4.27. The molecule has 4 rings (SSSR count). The Labute approximate surface area is 194 Å². The Bertz CT molecular complexity index is 1120. The monoisotopic (exact) mass is 471 g/mol. The first-order valence-electron chi connectivity index (χ1n) is 11.2. The highest BCUT2D eigenvalue weighted by molar-refractivity contribution is 7.92. The maximum atomic E-state index is 13.2. The number of nitrogens with zero attached hydrogens (tertiary/aromatic N) is 2. The van der Waals surface area contributed by atoms with Crippen molar-refractivity contribution in [2.75, 3.05) is 34.7 Å². The number of ether oxygens (including phenoxy) is 1. The number of hydrogen-bond donors (Lipinski definition) is 1. The first-order chi connectivity index (χ1) is 15.8. The van der Waals surface area contributed by atoms with Gasteiger partial charge in [-0.25, -0.2) is 8.42 Å². The third-order valence-corrected chi connectivity index (χ3v) is 7.65. The van der Waals surface area contributed by atoms with Crippen molar-refractivity contribution in [2.45, 2.75) is 43.9 Å². The average molecular weight is 472 g/mol. The Morgan fingerprint density at radius 2 is 1.55 bits per heavy atom. The maximum Gasteiger partial charge on any atom is 0.265 e. The van der Waals surface area contributed by atoms with E-state index in [9.17, 15) is 18.0 Å². The number of carbonyl (C=O) groups is 2. The standard InChI is InChI=1S/C24H29N3O5S/c1-17-12-14-26(15-13-17)19-8-6-18(7-9-19)25-33(30,31)22-16-20(10-11-21(22)32-2)27-23(28)4-3-5-24(27)29/h6-11,16-17,25H,3-5,12-15H2,1-2H3. The number of rotatable bonds is 6. The quantitative estimate of drug-likeness (QED) is 0.644. The van der Waals surface area contributed by atoms with E-state index < -0.39 is 10.0 Å². The molecule has 2 fully saturated rings. The van der Waals surface area contributed by atoms with Crippen LogP contribution in [0.2, 0.25) is 0 Å². The summed E-state index contributed by atoms with van der Waals surface area (Å²) in [5.74, 6) is 0.182. The fourth-order valence-corrected chi connectivity index (χ4v) is 5.52. The number of hydrogen-bond acceptors (Lipinski definition) is 6. The zero-order valence-electron chi connectivity index (χ0n) is 18.9. The van der Waals surface area contributed by atoms with Gasteiger partial charge in [0.1, 0.15) is 10.6 Å². The van der Waals surface area contributed by atoms with Crippen LogP contribution in [0.4, 0.5) is 17.1 Å². The number of anilines is 3. The second-order valence-corrected chi connectivity index (χ2v) is 10.3. The summed E-state index contributed by atoms with van der Waals surface area (Å²) in [6.07, 6.45) is 3.29. The van der Waals surface area contributed by atoms with Gasteiger partial charge >= 0.3 is 0 Å². The second-order valence-electron chi connectivity index (χ2n) is 8.63. The summed E-state index contributed by atoms with van der Waals surface area (Å²) < 4.78 is 34.3. The Hall–Kier alpha value is -3.07. The Morgan fingerprint density at radius 1 is 0.939 bits per heavy atom. The Balaban J connectivity index is 1.57. The van der Waals surface area contributed by atoms with E-state index in [4.69, 9.17) is 4.74 Å². The largest absolute Gasteiger partial charge is 0.495 e. The van der Waals surface area contributed by atoms with E-state index in [2.05, 4.69) is 16.5 Å². The van der Waals surface area contributed by atoms with Gasteiger partial charge in [-0.15, -0.1) is 0 Å². The van der Waals surface area contributed by atoms with Crippen LogP contribution >= 0.6 is 0 Å². The molecule has 0 aliphatic carbocycles. The van der Waals surface area contributed by atoms with Gasteiger partial charge in [-0.3, -0.25) is 19.2 Å². The van der Waals surface area contributed by atoms with Gasteiger partial charge in [-0.1, -0.05) is 6.92 Å². The van der Waals surface area contributed by atoms with Gasteiger partial charge in [0.25, 0.3) is 10.0 Å². The summed E-state index contributed by atoms with van der Waals surface area (Å²) in [6.45, 7) is 4.24. The molecule has 2 aromatic carbocycles. The molecule has 0 radical (unpaired) electrons. The van der Waals surface area contributed by atoms with Crippen LogP contribution in [0.1, 0.15) is 39.0 Å². The molecule has 2 aromatic rings. The van der Waals surface area contributed by atoms with Gasteiger partial charge in [0, 0.05) is 37.3 Å². The van der Waals surface area contributed by atoms with Crippen LogP contribution in [0.5, 0.6) is 5.75 Å². The molecule has 2 amide bonds. The molecule has 2 heterocycles. The van der Waals surface area contributed by atoms with Crippen molar-refractivity contribution < 1.29 is 22.7 Å². The number of amides is 2. The number of carbonyl (C=O) groups excluding carboxylic acids is 2. The molecule has 0 spiro atoms. The lowest BCUT2D eigenvalue weighted by molar-refractivity contribution is -0.129. The van der Waals surface area contributed by atoms with E-state index in [1.807, 2.05) is 12.1 Å². The van der Waals surface area contributed by atoms with Gasteiger partial charge in [0.15, 0.2) is 0 Å². The molecule has 0 unspecified atom stereocenters. The van der Waals surface area contributed by atoms with Gasteiger partial charge in [-0.05, 0) is 67.6 Å². The van der Waals surface area contributed by atoms with Crippen molar-refractivity contribution in [3.05, 3.63) is 42.5 Å². The van der Waals surface area contributed by atoms with Crippen molar-refractivity contribution in [3.63, 3.8) is 0 Å². The van der Waals surface area contributed by atoms with Gasteiger partial charge in [0.2, 0.25) is 11.8 Å². The number of methoxy groups -OCH3 is 1. The summed E-state index contributed by atoms with van der Waals surface area (Å²) in [5.41, 5.74) is 1.70. The smallest absolute Gasteiger partial charge is 0.265 e. The zero-order valence-corrected chi connectivity index (χ0v) is 19.7. The highest BCUT2D eigenvalue weighted by atomic mass is 32.2. The van der Waals surface area contributed by atoms with Crippen LogP contribution in [-0.4, -0.2) is 40.4 Å².